The minimum atomic E-state index is -0.438. The van der Waals surface area contributed by atoms with Crippen LogP contribution in [0.2, 0.25) is 0 Å². The van der Waals surface area contributed by atoms with Gasteiger partial charge in [-0.15, -0.1) is 0 Å². The summed E-state index contributed by atoms with van der Waals surface area (Å²) >= 11 is 3.40. The lowest BCUT2D eigenvalue weighted by atomic mass is 10.0. The van der Waals surface area contributed by atoms with Crippen molar-refractivity contribution in [3.63, 3.8) is 0 Å². The number of amides is 4. The number of piperidine rings is 1. The van der Waals surface area contributed by atoms with E-state index in [0.717, 1.165) is 21.3 Å². The summed E-state index contributed by atoms with van der Waals surface area (Å²) < 4.78 is 0.902. The summed E-state index contributed by atoms with van der Waals surface area (Å²) in [6.45, 7) is 4.64. The van der Waals surface area contributed by atoms with Crippen molar-refractivity contribution >= 4 is 39.5 Å². The average molecular weight is 499 g/mol. The topological polar surface area (TPSA) is 73.0 Å². The molecule has 8 heteroatoms. The SMILES string of the molecule is Cc1ccc(CN2CCN(C3CCN(C(=O)Nc4cccc(Br)c4)CC3)C(=O)C2=O)cc1. The van der Waals surface area contributed by atoms with Crippen molar-refractivity contribution in [1.29, 1.82) is 0 Å². The predicted octanol–water partition coefficient (Wildman–Crippen LogP) is 3.62. The summed E-state index contributed by atoms with van der Waals surface area (Å²) in [4.78, 5) is 43.2. The molecule has 0 bridgehead atoms. The molecule has 0 aromatic heterocycles. The van der Waals surface area contributed by atoms with Gasteiger partial charge in [-0.05, 0) is 43.5 Å². The van der Waals surface area contributed by atoms with Crippen molar-refractivity contribution in [3.8, 4) is 0 Å². The van der Waals surface area contributed by atoms with E-state index in [-0.39, 0.29) is 12.1 Å². The Morgan fingerprint density at radius 3 is 2.41 bits per heavy atom. The second-order valence-electron chi connectivity index (χ2n) is 8.37. The minimum Gasteiger partial charge on any atom is -0.330 e. The largest absolute Gasteiger partial charge is 0.330 e. The summed E-state index contributed by atoms with van der Waals surface area (Å²) in [6, 6.07) is 15.3. The number of urea groups is 1. The molecule has 0 unspecified atom stereocenters. The molecule has 4 amide bonds. The van der Waals surface area contributed by atoms with Gasteiger partial charge in [0, 0.05) is 48.9 Å². The van der Waals surface area contributed by atoms with Gasteiger partial charge in [0.2, 0.25) is 0 Å². The van der Waals surface area contributed by atoms with Crippen molar-refractivity contribution in [1.82, 2.24) is 14.7 Å². The van der Waals surface area contributed by atoms with Crippen LogP contribution in [0.25, 0.3) is 0 Å². The molecule has 7 nitrogen and oxygen atoms in total. The van der Waals surface area contributed by atoms with Gasteiger partial charge >= 0.3 is 17.8 Å². The van der Waals surface area contributed by atoms with Crippen LogP contribution in [0.4, 0.5) is 10.5 Å². The Morgan fingerprint density at radius 2 is 1.72 bits per heavy atom. The van der Waals surface area contributed by atoms with Gasteiger partial charge in [0.25, 0.3) is 0 Å². The first-order chi connectivity index (χ1) is 15.4. The number of benzene rings is 2. The third kappa shape index (κ3) is 5.12. The van der Waals surface area contributed by atoms with Crippen LogP contribution in [-0.2, 0) is 16.1 Å². The monoisotopic (exact) mass is 498 g/mol. The molecule has 168 valence electrons. The number of piperazine rings is 1. The maximum absolute atomic E-state index is 12.8. The van der Waals surface area contributed by atoms with Gasteiger partial charge in [0.1, 0.15) is 0 Å². The van der Waals surface area contributed by atoms with E-state index in [0.29, 0.717) is 45.6 Å². The molecule has 2 aromatic rings. The Hall–Kier alpha value is -2.87. The fourth-order valence-corrected chi connectivity index (χ4v) is 4.65. The van der Waals surface area contributed by atoms with Crippen molar-refractivity contribution < 1.29 is 14.4 Å². The molecule has 4 rings (SSSR count). The first-order valence-corrected chi connectivity index (χ1v) is 11.7. The van der Waals surface area contributed by atoms with E-state index in [1.54, 1.807) is 14.7 Å². The lowest BCUT2D eigenvalue weighted by Gasteiger charge is -2.42. The quantitative estimate of drug-likeness (QED) is 0.654. The molecule has 1 N–H and O–H groups in total. The number of likely N-dealkylation sites (tertiary alicyclic amines) is 1. The first kappa shape index (κ1) is 22.3. The van der Waals surface area contributed by atoms with Gasteiger partial charge in [-0.1, -0.05) is 51.8 Å². The molecule has 2 aliphatic heterocycles. The molecule has 32 heavy (non-hydrogen) atoms. The number of aryl methyl sites for hydroxylation is 1. The summed E-state index contributed by atoms with van der Waals surface area (Å²) in [6.07, 6.45) is 1.34. The molecule has 2 heterocycles. The van der Waals surface area contributed by atoms with Gasteiger partial charge in [0.15, 0.2) is 0 Å². The molecular weight excluding hydrogens is 472 g/mol. The number of halogens is 1. The number of nitrogens with zero attached hydrogens (tertiary/aromatic N) is 3. The van der Waals surface area contributed by atoms with Crippen molar-refractivity contribution in [2.75, 3.05) is 31.5 Å². The predicted molar refractivity (Wildman–Crippen MR) is 126 cm³/mol. The van der Waals surface area contributed by atoms with Crippen LogP contribution in [0.15, 0.2) is 53.0 Å². The molecule has 0 atom stereocenters. The van der Waals surface area contributed by atoms with E-state index >= 15 is 0 Å². The highest BCUT2D eigenvalue weighted by Crippen LogP contribution is 2.22. The van der Waals surface area contributed by atoms with E-state index in [4.69, 9.17) is 0 Å². The second kappa shape index (κ2) is 9.73. The van der Waals surface area contributed by atoms with Gasteiger partial charge in [-0.2, -0.15) is 0 Å². The van der Waals surface area contributed by atoms with Crippen molar-refractivity contribution in [2.24, 2.45) is 0 Å². The highest BCUT2D eigenvalue weighted by atomic mass is 79.9. The molecular formula is C24H27BrN4O3. The van der Waals surface area contributed by atoms with Crippen LogP contribution in [0.1, 0.15) is 24.0 Å². The zero-order valence-electron chi connectivity index (χ0n) is 18.1. The molecule has 0 spiro atoms. The number of hydrogen-bond acceptors (Lipinski definition) is 3. The van der Waals surface area contributed by atoms with Gasteiger partial charge in [-0.25, -0.2) is 4.79 Å². The van der Waals surface area contributed by atoms with E-state index in [2.05, 4.69) is 21.2 Å². The molecule has 2 fully saturated rings. The first-order valence-electron chi connectivity index (χ1n) is 10.9. The highest BCUT2D eigenvalue weighted by Gasteiger charge is 2.38. The minimum absolute atomic E-state index is 0.0112. The molecule has 0 radical (unpaired) electrons. The highest BCUT2D eigenvalue weighted by molar-refractivity contribution is 9.10. The second-order valence-corrected chi connectivity index (χ2v) is 9.29. The summed E-state index contributed by atoms with van der Waals surface area (Å²) in [5.41, 5.74) is 2.92. The van der Waals surface area contributed by atoms with Crippen LogP contribution in [-0.4, -0.2) is 64.8 Å². The molecule has 2 aliphatic rings. The Kier molecular flexibility index (Phi) is 6.79. The van der Waals surface area contributed by atoms with Crippen molar-refractivity contribution in [2.45, 2.75) is 32.4 Å². The number of carbonyl (C=O) groups is 3. The number of anilines is 1. The van der Waals surface area contributed by atoms with Crippen LogP contribution in [0.5, 0.6) is 0 Å². The Morgan fingerprint density at radius 1 is 1.00 bits per heavy atom. The Bertz CT molecular complexity index is 1000. The average Bonchev–Trinajstić information content (AvgIpc) is 2.79. The van der Waals surface area contributed by atoms with E-state index in [1.165, 1.54) is 0 Å². The fourth-order valence-electron chi connectivity index (χ4n) is 4.25. The molecule has 2 aromatic carbocycles. The standard InChI is InChI=1S/C24H27BrN4O3/c1-17-5-7-18(8-6-17)16-28-13-14-29(23(31)22(28)30)21-9-11-27(12-10-21)24(32)26-20-4-2-3-19(25)15-20/h2-8,15,21H,9-14,16H2,1H3,(H,26,32). The van der Waals surface area contributed by atoms with E-state index in [9.17, 15) is 14.4 Å². The maximum atomic E-state index is 12.8. The van der Waals surface area contributed by atoms with Crippen LogP contribution < -0.4 is 5.32 Å². The third-order valence-corrected chi connectivity index (χ3v) is 6.60. The smallest absolute Gasteiger partial charge is 0.321 e. The zero-order chi connectivity index (χ0) is 22.7. The van der Waals surface area contributed by atoms with E-state index < -0.39 is 11.8 Å². The maximum Gasteiger partial charge on any atom is 0.321 e. The fraction of sp³-hybridized carbons (Fsp3) is 0.375. The van der Waals surface area contributed by atoms with Gasteiger partial charge in [0.05, 0.1) is 0 Å². The molecule has 0 aliphatic carbocycles. The number of rotatable bonds is 4. The lowest BCUT2D eigenvalue weighted by Crippen LogP contribution is -2.59. The lowest BCUT2D eigenvalue weighted by molar-refractivity contribution is -0.158. The van der Waals surface area contributed by atoms with Crippen LogP contribution in [0, 0.1) is 6.92 Å². The number of hydrogen-bond donors (Lipinski definition) is 1. The van der Waals surface area contributed by atoms with E-state index in [1.807, 2.05) is 55.5 Å². The summed E-state index contributed by atoms with van der Waals surface area (Å²) in [5.74, 6) is -0.868. The Balaban J connectivity index is 1.29. The molecule has 2 saturated heterocycles. The normalized spacial score (nSPS) is 17.6. The van der Waals surface area contributed by atoms with Gasteiger partial charge < -0.3 is 20.0 Å². The third-order valence-electron chi connectivity index (χ3n) is 6.10. The number of nitrogens with one attached hydrogen (secondary N) is 1. The molecule has 0 saturated carbocycles. The zero-order valence-corrected chi connectivity index (χ0v) is 19.7. The summed E-state index contributed by atoms with van der Waals surface area (Å²) in [7, 11) is 0. The Labute approximate surface area is 196 Å². The summed E-state index contributed by atoms with van der Waals surface area (Å²) in [5, 5.41) is 2.91. The van der Waals surface area contributed by atoms with Gasteiger partial charge in [-0.3, -0.25) is 9.59 Å². The van der Waals surface area contributed by atoms with Crippen molar-refractivity contribution in [3.05, 3.63) is 64.1 Å². The number of carbonyl (C=O) groups excluding carboxylic acids is 3. The van der Waals surface area contributed by atoms with Crippen LogP contribution in [0.3, 0.4) is 0 Å². The van der Waals surface area contributed by atoms with Crippen LogP contribution >= 0.6 is 15.9 Å².